The Labute approximate surface area is 120 Å². The number of nitrogens with one attached hydrogen (secondary N) is 1. The van der Waals surface area contributed by atoms with Crippen molar-refractivity contribution in [1.82, 2.24) is 10.3 Å². The highest BCUT2D eigenvalue weighted by atomic mass is 16.5. The lowest BCUT2D eigenvalue weighted by Crippen LogP contribution is -2.38. The number of para-hydroxylation sites is 1. The second-order valence-corrected chi connectivity index (χ2v) is 4.75. The Hall–Kier alpha value is -1.65. The highest BCUT2D eigenvalue weighted by Gasteiger charge is 2.10. The van der Waals surface area contributed by atoms with E-state index >= 15 is 0 Å². The molecule has 0 saturated heterocycles. The maximum atomic E-state index is 5.93. The lowest BCUT2D eigenvalue weighted by Gasteiger charge is -2.18. The Kier molecular flexibility index (Phi) is 5.77. The number of fused-ring (bicyclic) bond motifs is 1. The minimum Gasteiger partial charge on any atom is -0.490 e. The second kappa shape index (κ2) is 7.82. The highest BCUT2D eigenvalue weighted by molar-refractivity contribution is 5.84. The Morgan fingerprint density at radius 2 is 2.05 bits per heavy atom. The van der Waals surface area contributed by atoms with Gasteiger partial charge in [0.2, 0.25) is 0 Å². The van der Waals surface area contributed by atoms with E-state index in [0.717, 1.165) is 29.6 Å². The zero-order valence-electron chi connectivity index (χ0n) is 12.1. The van der Waals surface area contributed by atoms with Crippen molar-refractivity contribution >= 4 is 10.9 Å². The molecule has 1 unspecified atom stereocenters. The third-order valence-electron chi connectivity index (χ3n) is 3.09. The summed E-state index contributed by atoms with van der Waals surface area (Å²) in [6.07, 6.45) is 2.88. The highest BCUT2D eigenvalue weighted by Crippen LogP contribution is 2.22. The Bertz CT molecular complexity index is 525. The molecule has 0 spiro atoms. The fourth-order valence-electron chi connectivity index (χ4n) is 2.10. The van der Waals surface area contributed by atoms with Gasteiger partial charge < -0.3 is 14.8 Å². The molecule has 0 radical (unpaired) electrons. The predicted octanol–water partition coefficient (Wildman–Crippen LogP) is 2.63. The quantitative estimate of drug-likeness (QED) is 0.803. The lowest BCUT2D eigenvalue weighted by atomic mass is 10.2. The molecule has 0 aliphatic heterocycles. The molecule has 4 heteroatoms. The van der Waals surface area contributed by atoms with Gasteiger partial charge in [-0.3, -0.25) is 4.98 Å². The summed E-state index contributed by atoms with van der Waals surface area (Å²) in [5.74, 6) is 0.822. The first-order valence-corrected chi connectivity index (χ1v) is 7.04. The standard InChI is InChI=1S/C16H22N2O2/c1-3-9-17-14(11-19-2)12-20-15-8-4-6-13-7-5-10-18-16(13)15/h4-8,10,14,17H,3,9,11-12H2,1-2H3. The molecule has 0 bridgehead atoms. The molecule has 1 N–H and O–H groups in total. The molecule has 108 valence electrons. The van der Waals surface area contributed by atoms with E-state index < -0.39 is 0 Å². The van der Waals surface area contributed by atoms with E-state index in [1.807, 2.05) is 30.3 Å². The van der Waals surface area contributed by atoms with Crippen molar-refractivity contribution in [3.63, 3.8) is 0 Å². The molecule has 1 atom stereocenters. The summed E-state index contributed by atoms with van der Waals surface area (Å²) in [4.78, 5) is 4.39. The zero-order valence-corrected chi connectivity index (χ0v) is 12.1. The summed E-state index contributed by atoms with van der Waals surface area (Å²) in [5.41, 5.74) is 0.904. The molecule has 0 fully saturated rings. The summed E-state index contributed by atoms with van der Waals surface area (Å²) in [6.45, 7) is 4.32. The van der Waals surface area contributed by atoms with Crippen LogP contribution < -0.4 is 10.1 Å². The van der Waals surface area contributed by atoms with Crippen LogP contribution in [0, 0.1) is 0 Å². The van der Waals surface area contributed by atoms with Crippen LogP contribution in [0.15, 0.2) is 36.5 Å². The van der Waals surface area contributed by atoms with E-state index in [1.165, 1.54) is 0 Å². The molecular weight excluding hydrogens is 252 g/mol. The van der Waals surface area contributed by atoms with Crippen LogP contribution in [0.25, 0.3) is 10.9 Å². The van der Waals surface area contributed by atoms with Gasteiger partial charge >= 0.3 is 0 Å². The summed E-state index contributed by atoms with van der Waals surface area (Å²) in [5, 5.41) is 4.51. The average Bonchev–Trinajstić information content (AvgIpc) is 2.50. The number of hydrogen-bond acceptors (Lipinski definition) is 4. The Morgan fingerprint density at radius 1 is 1.20 bits per heavy atom. The van der Waals surface area contributed by atoms with Gasteiger partial charge in [0.15, 0.2) is 0 Å². The normalized spacial score (nSPS) is 12.5. The van der Waals surface area contributed by atoms with Crippen LogP contribution in [0.2, 0.25) is 0 Å². The Morgan fingerprint density at radius 3 is 2.85 bits per heavy atom. The van der Waals surface area contributed by atoms with Crippen LogP contribution in [-0.2, 0) is 4.74 Å². The average molecular weight is 274 g/mol. The molecule has 2 rings (SSSR count). The number of methoxy groups -OCH3 is 1. The Balaban J connectivity index is 2.03. The summed E-state index contributed by atoms with van der Waals surface area (Å²) in [6, 6.07) is 10.2. The minimum absolute atomic E-state index is 0.193. The molecule has 1 aromatic carbocycles. The van der Waals surface area contributed by atoms with E-state index in [-0.39, 0.29) is 6.04 Å². The van der Waals surface area contributed by atoms with Gasteiger partial charge in [0.1, 0.15) is 17.9 Å². The largest absolute Gasteiger partial charge is 0.490 e. The number of hydrogen-bond donors (Lipinski definition) is 1. The van der Waals surface area contributed by atoms with Crippen molar-refractivity contribution in [1.29, 1.82) is 0 Å². The topological polar surface area (TPSA) is 43.4 Å². The molecule has 0 aliphatic carbocycles. The first-order valence-electron chi connectivity index (χ1n) is 7.04. The fraction of sp³-hybridized carbons (Fsp3) is 0.438. The van der Waals surface area contributed by atoms with Crippen LogP contribution in [0.3, 0.4) is 0 Å². The molecular formula is C16H22N2O2. The number of nitrogens with zero attached hydrogens (tertiary/aromatic N) is 1. The van der Waals surface area contributed by atoms with Gasteiger partial charge in [-0.15, -0.1) is 0 Å². The van der Waals surface area contributed by atoms with Gasteiger partial charge in [0.25, 0.3) is 0 Å². The van der Waals surface area contributed by atoms with Crippen molar-refractivity contribution < 1.29 is 9.47 Å². The summed E-state index contributed by atoms with van der Waals surface area (Å²) in [7, 11) is 1.71. The van der Waals surface area contributed by atoms with E-state index in [1.54, 1.807) is 13.3 Å². The van der Waals surface area contributed by atoms with E-state index in [4.69, 9.17) is 9.47 Å². The predicted molar refractivity (Wildman–Crippen MR) is 81.2 cm³/mol. The molecule has 1 aromatic heterocycles. The van der Waals surface area contributed by atoms with Gasteiger partial charge in [-0.2, -0.15) is 0 Å². The minimum atomic E-state index is 0.193. The molecule has 0 saturated carbocycles. The van der Waals surface area contributed by atoms with Crippen molar-refractivity contribution in [3.05, 3.63) is 36.5 Å². The second-order valence-electron chi connectivity index (χ2n) is 4.75. The van der Waals surface area contributed by atoms with Gasteiger partial charge in [-0.05, 0) is 25.1 Å². The monoisotopic (exact) mass is 274 g/mol. The van der Waals surface area contributed by atoms with Crippen molar-refractivity contribution in [2.24, 2.45) is 0 Å². The van der Waals surface area contributed by atoms with Gasteiger partial charge in [-0.1, -0.05) is 25.1 Å². The van der Waals surface area contributed by atoms with Crippen molar-refractivity contribution in [2.45, 2.75) is 19.4 Å². The van der Waals surface area contributed by atoms with Gasteiger partial charge in [0.05, 0.1) is 12.6 Å². The lowest BCUT2D eigenvalue weighted by molar-refractivity contribution is 0.136. The SMILES string of the molecule is CCCNC(COC)COc1cccc2cccnc12. The molecule has 1 heterocycles. The number of aromatic nitrogens is 1. The van der Waals surface area contributed by atoms with Crippen LogP contribution in [0.1, 0.15) is 13.3 Å². The van der Waals surface area contributed by atoms with E-state index in [0.29, 0.717) is 13.2 Å². The number of pyridine rings is 1. The van der Waals surface area contributed by atoms with Gasteiger partial charge in [0, 0.05) is 18.7 Å². The molecule has 2 aromatic rings. The number of rotatable bonds is 8. The fourth-order valence-corrected chi connectivity index (χ4v) is 2.10. The molecule has 4 nitrogen and oxygen atoms in total. The first kappa shape index (κ1) is 14.8. The van der Waals surface area contributed by atoms with Crippen LogP contribution in [0.5, 0.6) is 5.75 Å². The van der Waals surface area contributed by atoms with Crippen LogP contribution in [0.4, 0.5) is 0 Å². The van der Waals surface area contributed by atoms with E-state index in [9.17, 15) is 0 Å². The van der Waals surface area contributed by atoms with Crippen molar-refractivity contribution in [3.8, 4) is 5.75 Å². The number of ether oxygens (including phenoxy) is 2. The molecule has 0 amide bonds. The van der Waals surface area contributed by atoms with Crippen LogP contribution >= 0.6 is 0 Å². The van der Waals surface area contributed by atoms with Crippen molar-refractivity contribution in [2.75, 3.05) is 26.9 Å². The van der Waals surface area contributed by atoms with Gasteiger partial charge in [-0.25, -0.2) is 0 Å². The summed E-state index contributed by atoms with van der Waals surface area (Å²) >= 11 is 0. The number of benzene rings is 1. The maximum absolute atomic E-state index is 5.93. The molecule has 20 heavy (non-hydrogen) atoms. The maximum Gasteiger partial charge on any atom is 0.145 e. The first-order chi connectivity index (χ1) is 9.85. The van der Waals surface area contributed by atoms with E-state index in [2.05, 4.69) is 17.2 Å². The third kappa shape index (κ3) is 3.92. The summed E-state index contributed by atoms with van der Waals surface area (Å²) < 4.78 is 11.1. The zero-order chi connectivity index (χ0) is 14.2. The smallest absolute Gasteiger partial charge is 0.145 e. The van der Waals surface area contributed by atoms with Crippen LogP contribution in [-0.4, -0.2) is 37.9 Å². The molecule has 0 aliphatic rings. The third-order valence-corrected chi connectivity index (χ3v) is 3.09.